The van der Waals surface area contributed by atoms with Crippen molar-refractivity contribution >= 4 is 0 Å². The number of halogens is 1. The fourth-order valence-corrected chi connectivity index (χ4v) is 1.63. The molecule has 1 aromatic carbocycles. The standard InChI is InChI=1S/C14H12FN3/c15-12-5-3-4-11(8-12)14(9-16)18-10-13-6-1-2-7-17-13/h1-8,14,18H,10H2. The van der Waals surface area contributed by atoms with Crippen molar-refractivity contribution in [1.82, 2.24) is 10.3 Å². The lowest BCUT2D eigenvalue weighted by Crippen LogP contribution is -2.20. The Hall–Kier alpha value is -2.25. The van der Waals surface area contributed by atoms with Gasteiger partial charge in [-0.25, -0.2) is 4.39 Å². The summed E-state index contributed by atoms with van der Waals surface area (Å²) in [4.78, 5) is 4.15. The molecule has 0 bridgehead atoms. The van der Waals surface area contributed by atoms with Gasteiger partial charge in [0.05, 0.1) is 11.8 Å². The summed E-state index contributed by atoms with van der Waals surface area (Å²) < 4.78 is 13.1. The Morgan fingerprint density at radius 1 is 1.28 bits per heavy atom. The predicted molar refractivity (Wildman–Crippen MR) is 65.8 cm³/mol. The van der Waals surface area contributed by atoms with Crippen LogP contribution in [0.1, 0.15) is 17.3 Å². The van der Waals surface area contributed by atoms with E-state index >= 15 is 0 Å². The molecule has 0 amide bonds. The summed E-state index contributed by atoms with van der Waals surface area (Å²) in [5.74, 6) is -0.340. The van der Waals surface area contributed by atoms with E-state index in [1.165, 1.54) is 12.1 Å². The molecule has 2 rings (SSSR count). The van der Waals surface area contributed by atoms with Gasteiger partial charge in [-0.2, -0.15) is 5.26 Å². The van der Waals surface area contributed by atoms with E-state index in [2.05, 4.69) is 16.4 Å². The first-order chi connectivity index (χ1) is 8.79. The molecule has 1 atom stereocenters. The minimum absolute atomic E-state index is 0.340. The van der Waals surface area contributed by atoms with Gasteiger partial charge < -0.3 is 0 Å². The quantitative estimate of drug-likeness (QED) is 0.895. The van der Waals surface area contributed by atoms with E-state index in [4.69, 9.17) is 5.26 Å². The van der Waals surface area contributed by atoms with Gasteiger partial charge in [0.15, 0.2) is 0 Å². The van der Waals surface area contributed by atoms with Crippen LogP contribution in [0.25, 0.3) is 0 Å². The Labute approximate surface area is 105 Å². The smallest absolute Gasteiger partial charge is 0.123 e. The molecule has 3 nitrogen and oxygen atoms in total. The second-order valence-corrected chi connectivity index (χ2v) is 3.82. The number of nitriles is 1. The second-order valence-electron chi connectivity index (χ2n) is 3.82. The van der Waals surface area contributed by atoms with Gasteiger partial charge in [-0.15, -0.1) is 0 Å². The van der Waals surface area contributed by atoms with Crippen LogP contribution in [0.2, 0.25) is 0 Å². The summed E-state index contributed by atoms with van der Waals surface area (Å²) in [6.07, 6.45) is 1.70. The Morgan fingerprint density at radius 2 is 2.17 bits per heavy atom. The lowest BCUT2D eigenvalue weighted by molar-refractivity contribution is 0.600. The SMILES string of the molecule is N#CC(NCc1ccccn1)c1cccc(F)c1. The molecule has 0 aliphatic rings. The Kier molecular flexibility index (Phi) is 4.00. The maximum Gasteiger partial charge on any atom is 0.123 e. The first kappa shape index (κ1) is 12.2. The van der Waals surface area contributed by atoms with Crippen LogP contribution in [-0.2, 0) is 6.54 Å². The summed E-state index contributed by atoms with van der Waals surface area (Å²) in [6, 6.07) is 13.2. The number of hydrogen-bond acceptors (Lipinski definition) is 3. The van der Waals surface area contributed by atoms with Gasteiger partial charge in [0, 0.05) is 12.7 Å². The summed E-state index contributed by atoms with van der Waals surface area (Å²) in [6.45, 7) is 0.468. The number of nitrogens with one attached hydrogen (secondary N) is 1. The van der Waals surface area contributed by atoms with Crippen molar-refractivity contribution in [3.63, 3.8) is 0 Å². The lowest BCUT2D eigenvalue weighted by Gasteiger charge is -2.11. The topological polar surface area (TPSA) is 48.7 Å². The average Bonchev–Trinajstić information content (AvgIpc) is 2.41. The molecule has 1 unspecified atom stereocenters. The van der Waals surface area contributed by atoms with Crippen LogP contribution in [0.5, 0.6) is 0 Å². The van der Waals surface area contributed by atoms with Gasteiger partial charge >= 0.3 is 0 Å². The van der Waals surface area contributed by atoms with E-state index < -0.39 is 6.04 Å². The second kappa shape index (κ2) is 5.89. The minimum atomic E-state index is -0.539. The number of rotatable bonds is 4. The van der Waals surface area contributed by atoms with Crippen LogP contribution in [0.4, 0.5) is 4.39 Å². The number of aromatic nitrogens is 1. The molecule has 0 saturated carbocycles. The third-order valence-corrected chi connectivity index (χ3v) is 2.52. The number of hydrogen-bond donors (Lipinski definition) is 1. The number of pyridine rings is 1. The molecular weight excluding hydrogens is 229 g/mol. The molecule has 4 heteroatoms. The van der Waals surface area contributed by atoms with E-state index in [1.807, 2.05) is 18.2 Å². The minimum Gasteiger partial charge on any atom is -0.293 e. The van der Waals surface area contributed by atoms with E-state index in [1.54, 1.807) is 18.3 Å². The van der Waals surface area contributed by atoms with Crippen molar-refractivity contribution in [3.05, 3.63) is 65.7 Å². The first-order valence-electron chi connectivity index (χ1n) is 5.58. The highest BCUT2D eigenvalue weighted by Gasteiger charge is 2.10. The highest BCUT2D eigenvalue weighted by molar-refractivity contribution is 5.24. The summed E-state index contributed by atoms with van der Waals surface area (Å²) in [5, 5.41) is 12.1. The van der Waals surface area contributed by atoms with Crippen molar-refractivity contribution in [1.29, 1.82) is 5.26 Å². The van der Waals surface area contributed by atoms with E-state index in [9.17, 15) is 4.39 Å². The van der Waals surface area contributed by atoms with Crippen molar-refractivity contribution in [2.45, 2.75) is 12.6 Å². The number of nitrogens with zero attached hydrogens (tertiary/aromatic N) is 2. The highest BCUT2D eigenvalue weighted by atomic mass is 19.1. The maximum absolute atomic E-state index is 13.1. The van der Waals surface area contributed by atoms with Crippen LogP contribution in [0.3, 0.4) is 0 Å². The fourth-order valence-electron chi connectivity index (χ4n) is 1.63. The van der Waals surface area contributed by atoms with Crippen LogP contribution in [-0.4, -0.2) is 4.98 Å². The molecule has 0 radical (unpaired) electrons. The van der Waals surface area contributed by atoms with Crippen LogP contribution in [0.15, 0.2) is 48.7 Å². The van der Waals surface area contributed by atoms with Crippen LogP contribution >= 0.6 is 0 Å². The zero-order chi connectivity index (χ0) is 12.8. The van der Waals surface area contributed by atoms with Crippen molar-refractivity contribution in [2.75, 3.05) is 0 Å². The monoisotopic (exact) mass is 241 g/mol. The van der Waals surface area contributed by atoms with E-state index in [-0.39, 0.29) is 5.82 Å². The third-order valence-electron chi connectivity index (χ3n) is 2.52. The fraction of sp³-hybridized carbons (Fsp3) is 0.143. The van der Waals surface area contributed by atoms with Gasteiger partial charge in [-0.05, 0) is 29.8 Å². The Balaban J connectivity index is 2.05. The molecular formula is C14H12FN3. The summed E-state index contributed by atoms with van der Waals surface area (Å²) >= 11 is 0. The molecule has 1 heterocycles. The molecule has 0 aliphatic carbocycles. The summed E-state index contributed by atoms with van der Waals surface area (Å²) in [5.41, 5.74) is 1.46. The van der Waals surface area contributed by atoms with E-state index in [0.29, 0.717) is 12.1 Å². The molecule has 2 aromatic rings. The molecule has 1 N–H and O–H groups in total. The lowest BCUT2D eigenvalue weighted by atomic mass is 10.1. The van der Waals surface area contributed by atoms with Crippen LogP contribution < -0.4 is 5.32 Å². The summed E-state index contributed by atoms with van der Waals surface area (Å²) in [7, 11) is 0. The number of benzene rings is 1. The largest absolute Gasteiger partial charge is 0.293 e. The average molecular weight is 241 g/mol. The van der Waals surface area contributed by atoms with E-state index in [0.717, 1.165) is 5.69 Å². The molecule has 18 heavy (non-hydrogen) atoms. The van der Waals surface area contributed by atoms with Gasteiger partial charge in [0.1, 0.15) is 11.9 Å². The van der Waals surface area contributed by atoms with Crippen molar-refractivity contribution in [2.24, 2.45) is 0 Å². The van der Waals surface area contributed by atoms with Crippen molar-refractivity contribution < 1.29 is 4.39 Å². The molecule has 0 fully saturated rings. The zero-order valence-electron chi connectivity index (χ0n) is 9.68. The molecule has 1 aromatic heterocycles. The van der Waals surface area contributed by atoms with Gasteiger partial charge in [-0.3, -0.25) is 10.3 Å². The molecule has 90 valence electrons. The molecule has 0 spiro atoms. The van der Waals surface area contributed by atoms with Crippen molar-refractivity contribution in [3.8, 4) is 6.07 Å². The normalized spacial score (nSPS) is 11.8. The highest BCUT2D eigenvalue weighted by Crippen LogP contribution is 2.13. The Bertz CT molecular complexity index is 548. The first-order valence-corrected chi connectivity index (χ1v) is 5.58. The maximum atomic E-state index is 13.1. The third kappa shape index (κ3) is 3.12. The van der Waals surface area contributed by atoms with Gasteiger partial charge in [-0.1, -0.05) is 18.2 Å². The molecule has 0 saturated heterocycles. The van der Waals surface area contributed by atoms with Gasteiger partial charge in [0.2, 0.25) is 0 Å². The van der Waals surface area contributed by atoms with Crippen LogP contribution in [0, 0.1) is 17.1 Å². The molecule has 0 aliphatic heterocycles. The zero-order valence-corrected chi connectivity index (χ0v) is 9.68. The Morgan fingerprint density at radius 3 is 2.83 bits per heavy atom. The van der Waals surface area contributed by atoms with Gasteiger partial charge in [0.25, 0.3) is 0 Å². The predicted octanol–water partition coefficient (Wildman–Crippen LogP) is 2.58.